The molecule has 23 heavy (non-hydrogen) atoms. The van der Waals surface area contributed by atoms with Crippen molar-refractivity contribution in [2.75, 3.05) is 5.32 Å². The van der Waals surface area contributed by atoms with Gasteiger partial charge in [0.15, 0.2) is 5.82 Å². The molecule has 3 aromatic rings. The summed E-state index contributed by atoms with van der Waals surface area (Å²) in [6.45, 7) is 4.84. The van der Waals surface area contributed by atoms with Gasteiger partial charge in [0.1, 0.15) is 0 Å². The first-order valence-electron chi connectivity index (χ1n) is 7.99. The lowest BCUT2D eigenvalue weighted by molar-refractivity contribution is 0.102. The summed E-state index contributed by atoms with van der Waals surface area (Å²) in [5, 5.41) is 15.5. The van der Waals surface area contributed by atoms with Crippen LogP contribution in [0, 0.1) is 6.92 Å². The van der Waals surface area contributed by atoms with E-state index in [1.165, 1.54) is 18.5 Å². The van der Waals surface area contributed by atoms with Crippen molar-refractivity contribution >= 4 is 22.6 Å². The lowest BCUT2D eigenvalue weighted by Gasteiger charge is -2.02. The Bertz CT molecular complexity index is 888. The number of fused-ring (bicyclic) bond motifs is 1. The quantitative estimate of drug-likeness (QED) is 0.777. The van der Waals surface area contributed by atoms with E-state index in [0.29, 0.717) is 17.3 Å². The maximum Gasteiger partial charge on any atom is 0.256 e. The van der Waals surface area contributed by atoms with E-state index in [9.17, 15) is 4.79 Å². The van der Waals surface area contributed by atoms with Crippen LogP contribution in [0.5, 0.6) is 0 Å². The fourth-order valence-corrected chi connectivity index (χ4v) is 2.92. The number of aromatic amines is 1. The van der Waals surface area contributed by atoms with Gasteiger partial charge in [0.05, 0.1) is 5.52 Å². The van der Waals surface area contributed by atoms with Gasteiger partial charge in [-0.05, 0) is 44.9 Å². The minimum atomic E-state index is -0.143. The van der Waals surface area contributed by atoms with Gasteiger partial charge in [-0.25, -0.2) is 0 Å². The van der Waals surface area contributed by atoms with Gasteiger partial charge in [-0.2, -0.15) is 10.2 Å². The fourth-order valence-electron chi connectivity index (χ4n) is 2.92. The number of anilines is 1. The van der Waals surface area contributed by atoms with E-state index in [1.54, 1.807) is 6.07 Å². The second kappa shape index (κ2) is 5.22. The SMILES string of the molecule is CCn1nc(NC(=O)c2ccc3n[nH]c(C)c3c2)cc1C1CC1. The third-order valence-electron chi connectivity index (χ3n) is 4.35. The zero-order chi connectivity index (χ0) is 16.0. The molecular formula is C17H19N5O. The number of amides is 1. The molecule has 1 aliphatic rings. The lowest BCUT2D eigenvalue weighted by atomic mass is 10.1. The molecule has 2 N–H and O–H groups in total. The van der Waals surface area contributed by atoms with Crippen LogP contribution in [-0.2, 0) is 6.54 Å². The van der Waals surface area contributed by atoms with Crippen molar-refractivity contribution in [1.82, 2.24) is 20.0 Å². The first kappa shape index (κ1) is 14.0. The summed E-state index contributed by atoms with van der Waals surface area (Å²) < 4.78 is 1.98. The summed E-state index contributed by atoms with van der Waals surface area (Å²) in [5.41, 5.74) is 3.66. The number of benzene rings is 1. The van der Waals surface area contributed by atoms with E-state index >= 15 is 0 Å². The number of hydrogen-bond acceptors (Lipinski definition) is 3. The molecule has 0 aliphatic heterocycles. The Morgan fingerprint density at radius 3 is 2.96 bits per heavy atom. The zero-order valence-electron chi connectivity index (χ0n) is 13.3. The predicted octanol–water partition coefficient (Wildman–Crippen LogP) is 3.22. The largest absolute Gasteiger partial charge is 0.305 e. The zero-order valence-corrected chi connectivity index (χ0v) is 13.3. The summed E-state index contributed by atoms with van der Waals surface area (Å²) in [5.74, 6) is 1.09. The molecule has 4 rings (SSSR count). The van der Waals surface area contributed by atoms with Crippen molar-refractivity contribution in [3.8, 4) is 0 Å². The molecule has 1 saturated carbocycles. The second-order valence-corrected chi connectivity index (χ2v) is 6.08. The summed E-state index contributed by atoms with van der Waals surface area (Å²) in [4.78, 5) is 12.5. The van der Waals surface area contributed by atoms with Crippen LogP contribution in [0.2, 0.25) is 0 Å². The second-order valence-electron chi connectivity index (χ2n) is 6.08. The summed E-state index contributed by atoms with van der Waals surface area (Å²) in [6, 6.07) is 7.51. The Morgan fingerprint density at radius 1 is 1.39 bits per heavy atom. The minimum absolute atomic E-state index is 0.143. The minimum Gasteiger partial charge on any atom is -0.305 e. The highest BCUT2D eigenvalue weighted by Gasteiger charge is 2.28. The number of hydrogen-bond donors (Lipinski definition) is 2. The number of aromatic nitrogens is 4. The highest BCUT2D eigenvalue weighted by atomic mass is 16.1. The number of H-pyrrole nitrogens is 1. The molecule has 6 nitrogen and oxygen atoms in total. The normalized spacial score (nSPS) is 14.3. The van der Waals surface area contributed by atoms with Gasteiger partial charge in [0.25, 0.3) is 5.91 Å². The summed E-state index contributed by atoms with van der Waals surface area (Å²) in [6.07, 6.45) is 2.44. The number of aryl methyl sites for hydroxylation is 2. The van der Waals surface area contributed by atoms with Crippen molar-refractivity contribution in [1.29, 1.82) is 0 Å². The van der Waals surface area contributed by atoms with Gasteiger partial charge in [0.2, 0.25) is 0 Å². The number of rotatable bonds is 4. The van der Waals surface area contributed by atoms with Crippen LogP contribution in [0.4, 0.5) is 5.82 Å². The molecule has 1 fully saturated rings. The molecule has 1 aromatic carbocycles. The van der Waals surface area contributed by atoms with Crippen molar-refractivity contribution in [3.05, 3.63) is 41.2 Å². The molecule has 0 radical (unpaired) electrons. The van der Waals surface area contributed by atoms with E-state index < -0.39 is 0 Å². The molecular weight excluding hydrogens is 290 g/mol. The smallest absolute Gasteiger partial charge is 0.256 e. The Morgan fingerprint density at radius 2 is 2.22 bits per heavy atom. The molecule has 2 heterocycles. The van der Waals surface area contributed by atoms with Crippen LogP contribution in [0.1, 0.15) is 47.4 Å². The fraction of sp³-hybridized carbons (Fsp3) is 0.353. The maximum absolute atomic E-state index is 12.5. The van der Waals surface area contributed by atoms with Crippen LogP contribution in [0.3, 0.4) is 0 Å². The molecule has 0 saturated heterocycles. The molecule has 0 unspecified atom stereocenters. The van der Waals surface area contributed by atoms with Crippen LogP contribution >= 0.6 is 0 Å². The molecule has 118 valence electrons. The van der Waals surface area contributed by atoms with Crippen LogP contribution < -0.4 is 5.32 Å². The highest BCUT2D eigenvalue weighted by Crippen LogP contribution is 2.40. The van der Waals surface area contributed by atoms with E-state index in [4.69, 9.17) is 0 Å². The van der Waals surface area contributed by atoms with E-state index in [0.717, 1.165) is 23.1 Å². The topological polar surface area (TPSA) is 75.6 Å². The number of nitrogens with one attached hydrogen (secondary N) is 2. The monoisotopic (exact) mass is 309 g/mol. The predicted molar refractivity (Wildman–Crippen MR) is 88.7 cm³/mol. The molecule has 0 bridgehead atoms. The number of nitrogens with zero attached hydrogens (tertiary/aromatic N) is 3. The van der Waals surface area contributed by atoms with Crippen molar-refractivity contribution < 1.29 is 4.79 Å². The van der Waals surface area contributed by atoms with Crippen molar-refractivity contribution in [2.45, 2.75) is 39.2 Å². The van der Waals surface area contributed by atoms with Crippen LogP contribution in [0.25, 0.3) is 10.9 Å². The van der Waals surface area contributed by atoms with Gasteiger partial charge in [0, 0.05) is 40.9 Å². The van der Waals surface area contributed by atoms with E-state index in [1.807, 2.05) is 29.8 Å². The van der Waals surface area contributed by atoms with Gasteiger partial charge >= 0.3 is 0 Å². The van der Waals surface area contributed by atoms with Gasteiger partial charge in [-0.1, -0.05) is 0 Å². The third kappa shape index (κ3) is 2.50. The van der Waals surface area contributed by atoms with Gasteiger partial charge < -0.3 is 5.32 Å². The van der Waals surface area contributed by atoms with Gasteiger partial charge in [-0.15, -0.1) is 0 Å². The standard InChI is InChI=1S/C17H19N5O/c1-3-22-15(11-4-5-11)9-16(21-22)18-17(23)12-6-7-14-13(8-12)10(2)19-20-14/h6-9,11H,3-5H2,1-2H3,(H,19,20)(H,18,21,23). The van der Waals surface area contributed by atoms with Gasteiger partial charge in [-0.3, -0.25) is 14.6 Å². The maximum atomic E-state index is 12.5. The first-order chi connectivity index (χ1) is 11.2. The van der Waals surface area contributed by atoms with Crippen molar-refractivity contribution in [3.63, 3.8) is 0 Å². The number of carbonyl (C=O) groups is 1. The van der Waals surface area contributed by atoms with Crippen LogP contribution in [-0.4, -0.2) is 25.9 Å². The molecule has 0 atom stereocenters. The Hall–Kier alpha value is -2.63. The van der Waals surface area contributed by atoms with Crippen molar-refractivity contribution in [2.24, 2.45) is 0 Å². The molecule has 2 aromatic heterocycles. The van der Waals surface area contributed by atoms with E-state index in [2.05, 4.69) is 27.5 Å². The van der Waals surface area contributed by atoms with E-state index in [-0.39, 0.29) is 5.91 Å². The number of carbonyl (C=O) groups excluding carboxylic acids is 1. The Kier molecular flexibility index (Phi) is 3.18. The Balaban J connectivity index is 1.60. The molecule has 1 aliphatic carbocycles. The average Bonchev–Trinajstić information content (AvgIpc) is 3.23. The third-order valence-corrected chi connectivity index (χ3v) is 4.35. The molecule has 1 amide bonds. The first-order valence-corrected chi connectivity index (χ1v) is 7.99. The van der Waals surface area contributed by atoms with Crippen LogP contribution in [0.15, 0.2) is 24.3 Å². The summed E-state index contributed by atoms with van der Waals surface area (Å²) >= 11 is 0. The molecule has 0 spiro atoms. The molecule has 6 heteroatoms. The Labute approximate surface area is 133 Å². The highest BCUT2D eigenvalue weighted by molar-refractivity contribution is 6.06. The average molecular weight is 309 g/mol. The lowest BCUT2D eigenvalue weighted by Crippen LogP contribution is -2.12. The summed E-state index contributed by atoms with van der Waals surface area (Å²) in [7, 11) is 0.